The van der Waals surface area contributed by atoms with E-state index < -0.39 is 10.2 Å². The van der Waals surface area contributed by atoms with Crippen LogP contribution >= 0.6 is 24.8 Å². The van der Waals surface area contributed by atoms with E-state index in [4.69, 9.17) is 16.8 Å². The van der Waals surface area contributed by atoms with Gasteiger partial charge in [-0.05, 0) is 73.3 Å². The van der Waals surface area contributed by atoms with Gasteiger partial charge in [0.15, 0.2) is 0 Å². The van der Waals surface area contributed by atoms with Crippen molar-refractivity contribution in [2.75, 3.05) is 0 Å². The van der Waals surface area contributed by atoms with Crippen LogP contribution in [0.3, 0.4) is 0 Å². The first-order valence-corrected chi connectivity index (χ1v) is 12.1. The maximum atomic E-state index is 10.8. The topological polar surface area (TPSA) is 176 Å². The lowest BCUT2D eigenvalue weighted by atomic mass is 9.76. The van der Waals surface area contributed by atoms with Crippen LogP contribution in [0.15, 0.2) is 28.4 Å². The molecule has 1 aromatic heterocycles. The van der Waals surface area contributed by atoms with Crippen molar-refractivity contribution in [2.45, 2.75) is 78.3 Å². The normalized spacial score (nSPS) is 22.8. The number of nitrogens with two attached hydrogens (primary N) is 1. The highest BCUT2D eigenvalue weighted by Crippen LogP contribution is 2.34. The molecule has 11 nitrogen and oxygen atoms in total. The third kappa shape index (κ3) is 13.6. The van der Waals surface area contributed by atoms with Crippen LogP contribution in [0.4, 0.5) is 0 Å². The number of hydrogen-bond acceptors (Lipinski definition) is 5. The first kappa shape index (κ1) is 33.5. The van der Waals surface area contributed by atoms with Gasteiger partial charge in [0.25, 0.3) is 0 Å². The standard InChI is InChI=1S/C8H15N3.C8H17N.C3H3N5O2S.2ClH/c1-6(2)3-7-4-8(5-7)10-11-9;1-6(2)3-7-4-8(9)5-7;4-6-7-11(9,10)8-2-1-5-3-8;;/h6-8H,3-5H2,1-2H3;6-8H,3-5,9H2,1-2H3;1-3H;2*1H. The molecule has 33 heavy (non-hydrogen) atoms. The second-order valence-electron chi connectivity index (χ2n) is 9.09. The minimum absolute atomic E-state index is 0. The molecule has 0 saturated heterocycles. The molecule has 0 atom stereocenters. The van der Waals surface area contributed by atoms with Gasteiger partial charge in [0, 0.05) is 34.3 Å². The molecule has 3 rings (SSSR count). The fourth-order valence-corrected chi connectivity index (χ4v) is 4.40. The van der Waals surface area contributed by atoms with Crippen LogP contribution in [-0.2, 0) is 10.2 Å². The quantitative estimate of drug-likeness (QED) is 0.260. The predicted molar refractivity (Wildman–Crippen MR) is 135 cm³/mol. The lowest BCUT2D eigenvalue weighted by Gasteiger charge is -2.33. The Bertz CT molecular complexity index is 841. The molecule has 2 saturated carbocycles. The van der Waals surface area contributed by atoms with E-state index in [0.717, 1.165) is 42.8 Å². The van der Waals surface area contributed by atoms with Gasteiger partial charge in [-0.15, -0.1) is 24.8 Å². The van der Waals surface area contributed by atoms with Gasteiger partial charge >= 0.3 is 10.2 Å². The van der Waals surface area contributed by atoms with E-state index in [1.165, 1.54) is 38.1 Å². The van der Waals surface area contributed by atoms with Crippen molar-refractivity contribution in [2.24, 2.45) is 39.0 Å². The minimum atomic E-state index is -3.90. The molecule has 0 bridgehead atoms. The first-order valence-electron chi connectivity index (χ1n) is 10.7. The van der Waals surface area contributed by atoms with E-state index in [-0.39, 0.29) is 24.8 Å². The maximum absolute atomic E-state index is 10.8. The van der Waals surface area contributed by atoms with Crippen molar-refractivity contribution in [3.05, 3.63) is 39.6 Å². The summed E-state index contributed by atoms with van der Waals surface area (Å²) in [7, 11) is -3.90. The molecule has 0 radical (unpaired) electrons. The van der Waals surface area contributed by atoms with E-state index in [1.54, 1.807) is 0 Å². The molecule has 2 aliphatic carbocycles. The van der Waals surface area contributed by atoms with Crippen LogP contribution in [0.25, 0.3) is 20.9 Å². The molecule has 14 heteroatoms. The number of aromatic nitrogens is 2. The summed E-state index contributed by atoms with van der Waals surface area (Å²) in [5.41, 5.74) is 21.6. The molecule has 2 fully saturated rings. The minimum Gasteiger partial charge on any atom is -0.328 e. The Hall–Kier alpha value is -1.68. The number of rotatable bonds is 7. The molecular formula is C19H37Cl2N9O2S. The summed E-state index contributed by atoms with van der Waals surface area (Å²) in [5.74, 6) is 3.43. The van der Waals surface area contributed by atoms with Gasteiger partial charge < -0.3 is 5.73 Å². The Morgan fingerprint density at radius 1 is 1.03 bits per heavy atom. The molecule has 0 unspecified atom stereocenters. The Morgan fingerprint density at radius 2 is 1.55 bits per heavy atom. The van der Waals surface area contributed by atoms with E-state index >= 15 is 0 Å². The van der Waals surface area contributed by atoms with Crippen LogP contribution < -0.4 is 5.73 Å². The Kier molecular flexibility index (Phi) is 17.1. The fraction of sp³-hybridized carbons (Fsp3) is 0.842. The highest BCUT2D eigenvalue weighted by atomic mass is 35.5. The van der Waals surface area contributed by atoms with E-state index in [0.29, 0.717) is 16.1 Å². The molecule has 2 N–H and O–H groups in total. The molecule has 0 aromatic carbocycles. The Labute approximate surface area is 209 Å². The third-order valence-corrected chi connectivity index (χ3v) is 6.22. The molecular weight excluding hydrogens is 489 g/mol. The SMILES string of the molecule is CC(C)CC1CC(N)C1.CC(C)CC1CC(N=[N+]=[N-])C1.Cl.Cl.[N-]=[N+]=NS(=O)(=O)n1ccnc1. The average molecular weight is 527 g/mol. The number of imidazole rings is 1. The van der Waals surface area contributed by atoms with Crippen LogP contribution in [0.5, 0.6) is 0 Å². The van der Waals surface area contributed by atoms with E-state index in [9.17, 15) is 8.42 Å². The zero-order valence-corrected chi connectivity index (χ0v) is 22.1. The second-order valence-corrected chi connectivity index (χ2v) is 10.6. The molecule has 1 aromatic rings. The van der Waals surface area contributed by atoms with Gasteiger partial charge in [-0.2, -0.15) is 8.42 Å². The number of hydrogen-bond donors (Lipinski definition) is 1. The summed E-state index contributed by atoms with van der Waals surface area (Å²) in [5, 5.41) is 3.67. The largest absolute Gasteiger partial charge is 0.329 e. The maximum Gasteiger partial charge on any atom is 0.329 e. The highest BCUT2D eigenvalue weighted by molar-refractivity contribution is 7.88. The van der Waals surface area contributed by atoms with Crippen molar-refractivity contribution < 1.29 is 8.42 Å². The molecule has 190 valence electrons. The number of azide groups is 2. The van der Waals surface area contributed by atoms with Crippen molar-refractivity contribution >= 4 is 35.0 Å². The lowest BCUT2D eigenvalue weighted by molar-refractivity contribution is 0.225. The molecule has 0 aliphatic heterocycles. The molecule has 1 heterocycles. The summed E-state index contributed by atoms with van der Waals surface area (Å²) >= 11 is 0. The van der Waals surface area contributed by atoms with Crippen LogP contribution in [0.2, 0.25) is 0 Å². The van der Waals surface area contributed by atoms with Gasteiger partial charge in [0.05, 0.1) is 4.52 Å². The van der Waals surface area contributed by atoms with Gasteiger partial charge in [-0.3, -0.25) is 0 Å². The molecule has 0 spiro atoms. The van der Waals surface area contributed by atoms with Gasteiger partial charge in [0.1, 0.15) is 6.33 Å². The predicted octanol–water partition coefficient (Wildman–Crippen LogP) is 6.02. The van der Waals surface area contributed by atoms with Crippen molar-refractivity contribution in [3.63, 3.8) is 0 Å². The summed E-state index contributed by atoms with van der Waals surface area (Å²) in [6.45, 7) is 9.04. The number of halogens is 2. The Balaban J connectivity index is 0. The average Bonchev–Trinajstić information content (AvgIpc) is 3.15. The summed E-state index contributed by atoms with van der Waals surface area (Å²) in [4.78, 5) is 8.42. The molecule has 2 aliphatic rings. The highest BCUT2D eigenvalue weighted by Gasteiger charge is 2.28. The zero-order valence-electron chi connectivity index (χ0n) is 19.6. The van der Waals surface area contributed by atoms with Crippen LogP contribution in [-0.4, -0.2) is 29.5 Å². The summed E-state index contributed by atoms with van der Waals surface area (Å²) in [6.07, 6.45) is 10.9. The van der Waals surface area contributed by atoms with Crippen LogP contribution in [0, 0.1) is 23.7 Å². The fourth-order valence-electron chi connectivity index (χ4n) is 3.84. The third-order valence-electron chi connectivity index (χ3n) is 5.19. The second kappa shape index (κ2) is 16.9. The number of nitrogens with zero attached hydrogens (tertiary/aromatic N) is 8. The first-order chi connectivity index (χ1) is 14.6. The van der Waals surface area contributed by atoms with Crippen LogP contribution in [0.1, 0.15) is 66.2 Å². The zero-order chi connectivity index (χ0) is 23.4. The van der Waals surface area contributed by atoms with Crippen molar-refractivity contribution in [1.29, 1.82) is 0 Å². The van der Waals surface area contributed by atoms with Crippen molar-refractivity contribution in [3.8, 4) is 0 Å². The van der Waals surface area contributed by atoms with Crippen molar-refractivity contribution in [1.82, 2.24) is 8.96 Å². The summed E-state index contributed by atoms with van der Waals surface area (Å²) in [6, 6.07) is 0.845. The van der Waals surface area contributed by atoms with E-state index in [1.807, 2.05) is 0 Å². The molecule has 0 amide bonds. The lowest BCUT2D eigenvalue weighted by Crippen LogP contribution is -2.36. The monoisotopic (exact) mass is 525 g/mol. The Morgan fingerprint density at radius 3 is 1.91 bits per heavy atom. The van der Waals surface area contributed by atoms with Gasteiger partial charge in [0.2, 0.25) is 0 Å². The van der Waals surface area contributed by atoms with Gasteiger partial charge in [-0.1, -0.05) is 32.8 Å². The van der Waals surface area contributed by atoms with E-state index in [2.05, 4.69) is 52.1 Å². The van der Waals surface area contributed by atoms with Gasteiger partial charge in [-0.25, -0.2) is 8.96 Å². The smallest absolute Gasteiger partial charge is 0.328 e. The summed E-state index contributed by atoms with van der Waals surface area (Å²) < 4.78 is 24.9.